The first-order valence-electron chi connectivity index (χ1n) is 6.50. The minimum atomic E-state index is -0.712. The number of aryl methyl sites for hydroxylation is 1. The van der Waals surface area contributed by atoms with Crippen molar-refractivity contribution >= 4 is 5.69 Å². The number of ether oxygens (including phenoxy) is 2. The lowest BCUT2D eigenvalue weighted by Gasteiger charge is -2.14. The van der Waals surface area contributed by atoms with Crippen LogP contribution in [0.15, 0.2) is 48.5 Å². The summed E-state index contributed by atoms with van der Waals surface area (Å²) >= 11 is 0. The number of nitrogens with two attached hydrogens (primary N) is 1. The lowest BCUT2D eigenvalue weighted by molar-refractivity contribution is 0.0629. The van der Waals surface area contributed by atoms with Crippen LogP contribution in [0.4, 0.5) is 5.69 Å². The van der Waals surface area contributed by atoms with Crippen molar-refractivity contribution in [2.75, 3.05) is 18.9 Å². The van der Waals surface area contributed by atoms with E-state index >= 15 is 0 Å². The fraction of sp³-hybridized carbons (Fsp3) is 0.250. The molecular formula is C16H19NO3. The van der Waals surface area contributed by atoms with Crippen LogP contribution in [0.5, 0.6) is 11.5 Å². The molecule has 0 aliphatic heterocycles. The smallest absolute Gasteiger partial charge is 0.142 e. The van der Waals surface area contributed by atoms with Gasteiger partial charge in [0, 0.05) is 0 Å². The van der Waals surface area contributed by atoms with Gasteiger partial charge in [-0.25, -0.2) is 0 Å². The molecule has 0 aliphatic rings. The lowest BCUT2D eigenvalue weighted by atomic mass is 10.2. The number of nitrogen functional groups attached to an aromatic ring is 1. The molecule has 20 heavy (non-hydrogen) atoms. The number of aliphatic hydroxyl groups excluding tert-OH is 1. The van der Waals surface area contributed by atoms with E-state index in [0.29, 0.717) is 11.4 Å². The van der Waals surface area contributed by atoms with Crippen molar-refractivity contribution in [2.45, 2.75) is 13.0 Å². The molecule has 0 saturated carbocycles. The summed E-state index contributed by atoms with van der Waals surface area (Å²) in [5, 5.41) is 9.83. The summed E-state index contributed by atoms with van der Waals surface area (Å²) in [4.78, 5) is 0. The second-order valence-corrected chi connectivity index (χ2v) is 4.63. The third-order valence-corrected chi connectivity index (χ3v) is 2.81. The Balaban J connectivity index is 1.77. The molecule has 0 bridgehead atoms. The van der Waals surface area contributed by atoms with E-state index < -0.39 is 6.10 Å². The van der Waals surface area contributed by atoms with Crippen molar-refractivity contribution in [2.24, 2.45) is 0 Å². The Morgan fingerprint density at radius 1 is 1.00 bits per heavy atom. The van der Waals surface area contributed by atoms with Gasteiger partial charge in [0.15, 0.2) is 0 Å². The van der Waals surface area contributed by atoms with Crippen LogP contribution >= 0.6 is 0 Å². The Morgan fingerprint density at radius 3 is 2.35 bits per heavy atom. The highest BCUT2D eigenvalue weighted by Gasteiger charge is 2.07. The largest absolute Gasteiger partial charge is 0.491 e. The highest BCUT2D eigenvalue weighted by Crippen LogP contribution is 2.19. The molecule has 4 nitrogen and oxygen atoms in total. The van der Waals surface area contributed by atoms with Crippen molar-refractivity contribution in [1.82, 2.24) is 0 Å². The Morgan fingerprint density at radius 2 is 1.65 bits per heavy atom. The predicted octanol–water partition coefficient (Wildman–Crippen LogP) is 2.40. The van der Waals surface area contributed by atoms with Gasteiger partial charge < -0.3 is 20.3 Å². The van der Waals surface area contributed by atoms with Gasteiger partial charge in [0.25, 0.3) is 0 Å². The van der Waals surface area contributed by atoms with Crippen molar-refractivity contribution in [1.29, 1.82) is 0 Å². The highest BCUT2D eigenvalue weighted by atomic mass is 16.5. The maximum Gasteiger partial charge on any atom is 0.142 e. The number of anilines is 1. The van der Waals surface area contributed by atoms with E-state index in [2.05, 4.69) is 0 Å². The standard InChI is InChI=1S/C16H19NO3/c1-12-6-8-14(9-7-12)19-10-13(18)11-20-16-5-3-2-4-15(16)17/h2-9,13,18H,10-11,17H2,1H3. The minimum absolute atomic E-state index is 0.139. The second-order valence-electron chi connectivity index (χ2n) is 4.63. The van der Waals surface area contributed by atoms with Gasteiger partial charge >= 0.3 is 0 Å². The zero-order valence-corrected chi connectivity index (χ0v) is 11.5. The molecular weight excluding hydrogens is 254 g/mol. The summed E-state index contributed by atoms with van der Waals surface area (Å²) in [7, 11) is 0. The van der Waals surface area contributed by atoms with Crippen LogP contribution in [0.25, 0.3) is 0 Å². The molecule has 1 unspecified atom stereocenters. The molecule has 2 aromatic rings. The molecule has 4 heteroatoms. The molecule has 0 aromatic heterocycles. The third-order valence-electron chi connectivity index (χ3n) is 2.81. The number of aliphatic hydroxyl groups is 1. The maximum absolute atomic E-state index is 9.83. The predicted molar refractivity (Wildman–Crippen MR) is 79.0 cm³/mol. The molecule has 0 heterocycles. The molecule has 0 saturated heterocycles. The Bertz CT molecular complexity index is 540. The number of hydrogen-bond donors (Lipinski definition) is 2. The second kappa shape index (κ2) is 6.82. The van der Waals surface area contributed by atoms with E-state index in [1.807, 2.05) is 43.3 Å². The average Bonchev–Trinajstić information content (AvgIpc) is 2.46. The molecule has 0 amide bonds. The number of hydrogen-bond acceptors (Lipinski definition) is 4. The van der Waals surface area contributed by atoms with E-state index in [1.54, 1.807) is 12.1 Å². The SMILES string of the molecule is Cc1ccc(OCC(O)COc2ccccc2N)cc1. The number of benzene rings is 2. The molecule has 2 aromatic carbocycles. The van der Waals surface area contributed by atoms with Gasteiger partial charge in [0.1, 0.15) is 30.8 Å². The summed E-state index contributed by atoms with van der Waals surface area (Å²) in [6.45, 7) is 2.33. The molecule has 3 N–H and O–H groups in total. The minimum Gasteiger partial charge on any atom is -0.491 e. The summed E-state index contributed by atoms with van der Waals surface area (Å²) in [6.07, 6.45) is -0.712. The summed E-state index contributed by atoms with van der Waals surface area (Å²) in [5.74, 6) is 1.30. The summed E-state index contributed by atoms with van der Waals surface area (Å²) in [6, 6.07) is 14.9. The first-order valence-corrected chi connectivity index (χ1v) is 6.50. The molecule has 1 atom stereocenters. The molecule has 0 radical (unpaired) electrons. The Labute approximate surface area is 118 Å². The van der Waals surface area contributed by atoms with Gasteiger partial charge in [0.2, 0.25) is 0 Å². The van der Waals surface area contributed by atoms with Crippen LogP contribution in [0.1, 0.15) is 5.56 Å². The van der Waals surface area contributed by atoms with Gasteiger partial charge in [-0.3, -0.25) is 0 Å². The highest BCUT2D eigenvalue weighted by molar-refractivity contribution is 5.51. The zero-order chi connectivity index (χ0) is 14.4. The lowest BCUT2D eigenvalue weighted by Crippen LogP contribution is -2.25. The van der Waals surface area contributed by atoms with E-state index in [9.17, 15) is 5.11 Å². The van der Waals surface area contributed by atoms with Crippen molar-refractivity contribution < 1.29 is 14.6 Å². The number of rotatable bonds is 6. The fourth-order valence-electron chi connectivity index (χ4n) is 1.67. The van der Waals surface area contributed by atoms with Gasteiger partial charge in [-0.2, -0.15) is 0 Å². The molecule has 0 spiro atoms. The van der Waals surface area contributed by atoms with Crippen molar-refractivity contribution in [3.63, 3.8) is 0 Å². The fourth-order valence-corrected chi connectivity index (χ4v) is 1.67. The van der Waals surface area contributed by atoms with Crippen LogP contribution in [0.3, 0.4) is 0 Å². The van der Waals surface area contributed by atoms with Crippen molar-refractivity contribution in [3.8, 4) is 11.5 Å². The Kier molecular flexibility index (Phi) is 4.85. The average molecular weight is 273 g/mol. The van der Waals surface area contributed by atoms with Gasteiger partial charge in [-0.15, -0.1) is 0 Å². The normalized spacial score (nSPS) is 11.9. The van der Waals surface area contributed by atoms with E-state index in [-0.39, 0.29) is 13.2 Å². The van der Waals surface area contributed by atoms with Crippen LogP contribution in [-0.4, -0.2) is 24.4 Å². The topological polar surface area (TPSA) is 64.7 Å². The van der Waals surface area contributed by atoms with Crippen LogP contribution < -0.4 is 15.2 Å². The van der Waals surface area contributed by atoms with Gasteiger partial charge in [-0.1, -0.05) is 29.8 Å². The van der Waals surface area contributed by atoms with Gasteiger partial charge in [-0.05, 0) is 31.2 Å². The first-order chi connectivity index (χ1) is 9.65. The summed E-state index contributed by atoms with van der Waals surface area (Å²) in [5.41, 5.74) is 7.47. The van der Waals surface area contributed by atoms with Gasteiger partial charge in [0.05, 0.1) is 5.69 Å². The molecule has 0 fully saturated rings. The van der Waals surface area contributed by atoms with E-state index in [4.69, 9.17) is 15.2 Å². The van der Waals surface area contributed by atoms with Crippen LogP contribution in [0.2, 0.25) is 0 Å². The van der Waals surface area contributed by atoms with E-state index in [0.717, 1.165) is 5.75 Å². The molecule has 2 rings (SSSR count). The maximum atomic E-state index is 9.83. The monoisotopic (exact) mass is 273 g/mol. The first kappa shape index (κ1) is 14.2. The molecule has 0 aliphatic carbocycles. The van der Waals surface area contributed by atoms with Crippen LogP contribution in [0, 0.1) is 6.92 Å². The zero-order valence-electron chi connectivity index (χ0n) is 11.5. The quantitative estimate of drug-likeness (QED) is 0.793. The van der Waals surface area contributed by atoms with Crippen LogP contribution in [-0.2, 0) is 0 Å². The number of para-hydroxylation sites is 2. The molecule has 106 valence electrons. The Hall–Kier alpha value is -2.20. The third kappa shape index (κ3) is 4.17. The summed E-state index contributed by atoms with van der Waals surface area (Å²) < 4.78 is 10.9. The van der Waals surface area contributed by atoms with E-state index in [1.165, 1.54) is 5.56 Å². The van der Waals surface area contributed by atoms with Crippen molar-refractivity contribution in [3.05, 3.63) is 54.1 Å².